The first-order valence-electron chi connectivity index (χ1n) is 9.54. The zero-order valence-corrected chi connectivity index (χ0v) is 16.3. The summed E-state index contributed by atoms with van der Waals surface area (Å²) >= 11 is 0. The molecule has 2 aliphatic rings. The molecule has 0 aromatic carbocycles. The zero-order valence-electron chi connectivity index (χ0n) is 16.3. The average molecular weight is 425 g/mol. The van der Waals surface area contributed by atoms with Crippen molar-refractivity contribution in [2.24, 2.45) is 0 Å². The van der Waals surface area contributed by atoms with Gasteiger partial charge in [-0.25, -0.2) is 0 Å². The van der Waals surface area contributed by atoms with Crippen molar-refractivity contribution in [3.63, 3.8) is 0 Å². The summed E-state index contributed by atoms with van der Waals surface area (Å²) in [6, 6.07) is -1.25. The molecule has 170 valence electrons. The predicted molar refractivity (Wildman–Crippen MR) is 94.2 cm³/mol. The van der Waals surface area contributed by atoms with Gasteiger partial charge >= 0.3 is 0 Å². The van der Waals surface area contributed by atoms with Gasteiger partial charge in [-0.05, 0) is 6.42 Å². The van der Waals surface area contributed by atoms with Gasteiger partial charge in [0.15, 0.2) is 12.6 Å². The minimum atomic E-state index is -1.55. The maximum Gasteiger partial charge on any atom is 0.217 e. The molecular formula is C17H31NO11. The third kappa shape index (κ3) is 5.61. The van der Waals surface area contributed by atoms with Crippen molar-refractivity contribution in [3.8, 4) is 0 Å². The van der Waals surface area contributed by atoms with E-state index in [1.165, 1.54) is 6.92 Å². The highest BCUT2D eigenvalue weighted by Crippen LogP contribution is 2.29. The predicted octanol–water partition coefficient (Wildman–Crippen LogP) is -3.82. The normalized spacial score (nSPS) is 43.2. The van der Waals surface area contributed by atoms with Gasteiger partial charge in [-0.2, -0.15) is 0 Å². The van der Waals surface area contributed by atoms with Crippen LogP contribution in [0.25, 0.3) is 0 Å². The molecule has 2 aliphatic heterocycles. The van der Waals surface area contributed by atoms with E-state index in [1.54, 1.807) is 0 Å². The number of hydrogen-bond donors (Lipinski definition) is 7. The molecule has 2 rings (SSSR count). The van der Waals surface area contributed by atoms with E-state index in [9.17, 15) is 35.4 Å². The van der Waals surface area contributed by atoms with Gasteiger partial charge < -0.3 is 54.9 Å². The lowest BCUT2D eigenvalue weighted by atomic mass is 9.95. The average Bonchev–Trinajstić information content (AvgIpc) is 2.69. The van der Waals surface area contributed by atoms with E-state index >= 15 is 0 Å². The van der Waals surface area contributed by atoms with E-state index in [0.717, 1.165) is 0 Å². The van der Waals surface area contributed by atoms with Crippen molar-refractivity contribution < 1.29 is 54.4 Å². The minimum Gasteiger partial charge on any atom is -0.394 e. The Hall–Kier alpha value is -0.930. The topological polar surface area (TPSA) is 187 Å². The van der Waals surface area contributed by atoms with Crippen LogP contribution in [0.1, 0.15) is 20.3 Å². The highest BCUT2D eigenvalue weighted by molar-refractivity contribution is 5.73. The Morgan fingerprint density at radius 2 is 1.55 bits per heavy atom. The van der Waals surface area contributed by atoms with Gasteiger partial charge in [0.05, 0.1) is 13.2 Å². The standard InChI is InChI=1S/C17H31NO11/c1-3-4-26-17-14(25)13(24)15(9(6-20)28-17)29-16-10(18-7(2)21)12(23)11(22)8(5-19)27-16/h8-17,19-20,22-25H,3-6H2,1-2H3,(H,18,21)/t8-,9-,10-,11-,12-,13-,14-,15-,16+,17+/m1/s1. The molecule has 0 spiro atoms. The van der Waals surface area contributed by atoms with Crippen molar-refractivity contribution in [2.75, 3.05) is 19.8 Å². The molecular weight excluding hydrogens is 394 g/mol. The van der Waals surface area contributed by atoms with Gasteiger partial charge in [-0.15, -0.1) is 0 Å². The lowest BCUT2D eigenvalue weighted by Crippen LogP contribution is -2.67. The fourth-order valence-electron chi connectivity index (χ4n) is 3.33. The SMILES string of the molecule is CCCO[C@H]1O[C@H](CO)[C@@H](O[C@@H]2O[C@H](CO)[C@@H](O)[C@H](O)[C@H]2NC(C)=O)[C@H](O)[C@H]1O. The first-order valence-corrected chi connectivity index (χ1v) is 9.54. The zero-order chi connectivity index (χ0) is 21.7. The Bertz CT molecular complexity index is 522. The van der Waals surface area contributed by atoms with E-state index in [0.29, 0.717) is 6.42 Å². The third-order valence-electron chi connectivity index (χ3n) is 4.85. The second-order valence-electron chi connectivity index (χ2n) is 7.11. The summed E-state index contributed by atoms with van der Waals surface area (Å²) < 4.78 is 21.9. The highest BCUT2D eigenvalue weighted by atomic mass is 16.7. The van der Waals surface area contributed by atoms with Crippen molar-refractivity contribution in [3.05, 3.63) is 0 Å². The van der Waals surface area contributed by atoms with Crippen LogP contribution < -0.4 is 5.32 Å². The summed E-state index contributed by atoms with van der Waals surface area (Å²) in [6.07, 6.45) is -11.7. The van der Waals surface area contributed by atoms with E-state index in [2.05, 4.69) is 5.32 Å². The lowest BCUT2D eigenvalue weighted by Gasteiger charge is -2.47. The van der Waals surface area contributed by atoms with Crippen LogP contribution in [0.4, 0.5) is 0 Å². The second kappa shape index (κ2) is 10.9. The van der Waals surface area contributed by atoms with Gasteiger partial charge in [0.25, 0.3) is 0 Å². The van der Waals surface area contributed by atoms with Crippen molar-refractivity contribution in [1.82, 2.24) is 5.32 Å². The Labute approximate surface area is 167 Å². The Morgan fingerprint density at radius 3 is 2.10 bits per heavy atom. The van der Waals surface area contributed by atoms with E-state index in [4.69, 9.17) is 18.9 Å². The van der Waals surface area contributed by atoms with Gasteiger partial charge in [0.1, 0.15) is 48.8 Å². The molecule has 12 heteroatoms. The van der Waals surface area contributed by atoms with Gasteiger partial charge in [-0.3, -0.25) is 4.79 Å². The van der Waals surface area contributed by atoms with Crippen LogP contribution >= 0.6 is 0 Å². The number of rotatable bonds is 8. The van der Waals surface area contributed by atoms with Crippen molar-refractivity contribution in [1.29, 1.82) is 0 Å². The Balaban J connectivity index is 2.19. The molecule has 12 nitrogen and oxygen atoms in total. The molecule has 0 aliphatic carbocycles. The van der Waals surface area contributed by atoms with Crippen LogP contribution in [0.3, 0.4) is 0 Å². The maximum atomic E-state index is 11.5. The number of amides is 1. The van der Waals surface area contributed by atoms with Crippen LogP contribution in [0.2, 0.25) is 0 Å². The number of aliphatic hydroxyl groups excluding tert-OH is 6. The van der Waals surface area contributed by atoms with Crippen LogP contribution in [0, 0.1) is 0 Å². The van der Waals surface area contributed by atoms with E-state index < -0.39 is 80.5 Å². The molecule has 0 radical (unpaired) electrons. The molecule has 7 N–H and O–H groups in total. The number of carbonyl (C=O) groups is 1. The molecule has 2 heterocycles. The van der Waals surface area contributed by atoms with Crippen molar-refractivity contribution in [2.45, 2.75) is 81.6 Å². The summed E-state index contributed by atoms with van der Waals surface area (Å²) in [5.41, 5.74) is 0. The summed E-state index contributed by atoms with van der Waals surface area (Å²) in [5.74, 6) is -0.548. The van der Waals surface area contributed by atoms with Gasteiger partial charge in [0, 0.05) is 13.5 Å². The van der Waals surface area contributed by atoms with E-state index in [1.807, 2.05) is 6.92 Å². The molecule has 0 saturated carbocycles. The fraction of sp³-hybridized carbons (Fsp3) is 0.941. The van der Waals surface area contributed by atoms with Crippen LogP contribution in [0.15, 0.2) is 0 Å². The molecule has 1 amide bonds. The highest BCUT2D eigenvalue weighted by Gasteiger charge is 2.51. The van der Waals surface area contributed by atoms with Gasteiger partial charge in [0.2, 0.25) is 5.91 Å². The molecule has 10 atom stereocenters. The molecule has 0 unspecified atom stereocenters. The molecule has 0 aromatic rings. The summed E-state index contributed by atoms with van der Waals surface area (Å²) in [5, 5.41) is 62.5. The minimum absolute atomic E-state index is 0.261. The number of ether oxygens (including phenoxy) is 4. The first-order chi connectivity index (χ1) is 13.7. The van der Waals surface area contributed by atoms with Crippen molar-refractivity contribution >= 4 is 5.91 Å². The van der Waals surface area contributed by atoms with Gasteiger partial charge in [-0.1, -0.05) is 6.92 Å². The smallest absolute Gasteiger partial charge is 0.217 e. The second-order valence-corrected chi connectivity index (χ2v) is 7.11. The maximum absolute atomic E-state index is 11.5. The largest absolute Gasteiger partial charge is 0.394 e. The lowest BCUT2D eigenvalue weighted by molar-refractivity contribution is -0.347. The Morgan fingerprint density at radius 1 is 0.931 bits per heavy atom. The number of hydrogen-bond acceptors (Lipinski definition) is 11. The van der Waals surface area contributed by atoms with Crippen LogP contribution in [0.5, 0.6) is 0 Å². The first kappa shape index (κ1) is 24.3. The molecule has 2 saturated heterocycles. The number of aliphatic hydroxyl groups is 6. The van der Waals surface area contributed by atoms with Crippen LogP contribution in [-0.4, -0.2) is 118 Å². The molecule has 29 heavy (non-hydrogen) atoms. The molecule has 0 aromatic heterocycles. The Kier molecular flexibility index (Phi) is 9.15. The molecule has 0 bridgehead atoms. The van der Waals surface area contributed by atoms with E-state index in [-0.39, 0.29) is 6.61 Å². The third-order valence-corrected chi connectivity index (χ3v) is 4.85. The summed E-state index contributed by atoms with van der Waals surface area (Å²) in [4.78, 5) is 11.5. The van der Waals surface area contributed by atoms with Crippen LogP contribution in [-0.2, 0) is 23.7 Å². The monoisotopic (exact) mass is 425 g/mol. The quantitative estimate of drug-likeness (QED) is 0.202. The number of carbonyl (C=O) groups excluding carboxylic acids is 1. The summed E-state index contributed by atoms with van der Waals surface area (Å²) in [6.45, 7) is 2.06. The fourth-order valence-corrected chi connectivity index (χ4v) is 3.33. The summed E-state index contributed by atoms with van der Waals surface area (Å²) in [7, 11) is 0. The number of nitrogens with one attached hydrogen (secondary N) is 1. The molecule has 2 fully saturated rings.